The molecule has 0 spiro atoms. The number of ether oxygens (including phenoxy) is 1. The fraction of sp³-hybridized carbons (Fsp3) is 0.520. The van der Waals surface area contributed by atoms with E-state index in [0.29, 0.717) is 29.8 Å². The summed E-state index contributed by atoms with van der Waals surface area (Å²) in [4.78, 5) is 51.3. The topological polar surface area (TPSA) is 129 Å². The molecule has 3 rings (SSSR count). The third kappa shape index (κ3) is 7.99. The van der Waals surface area contributed by atoms with Crippen LogP contribution in [0.25, 0.3) is 10.8 Å². The number of carbonyl (C=O) groups excluding carboxylic acids is 2. The molecule has 0 saturated carbocycles. The predicted octanol–water partition coefficient (Wildman–Crippen LogP) is 4.18. The Labute approximate surface area is 209 Å². The number of rotatable bonds is 3. The second kappa shape index (κ2) is 11.1. The first-order valence-electron chi connectivity index (χ1n) is 11.4. The zero-order valence-corrected chi connectivity index (χ0v) is 21.7. The van der Waals surface area contributed by atoms with Crippen molar-refractivity contribution >= 4 is 40.3 Å². The normalized spacial score (nSPS) is 16.8. The van der Waals surface area contributed by atoms with Gasteiger partial charge in [-0.25, -0.2) is 9.59 Å². The van der Waals surface area contributed by atoms with Gasteiger partial charge in [0, 0.05) is 23.2 Å². The minimum atomic E-state index is -1.01. The standard InChI is InChI=1S/C16H28N2O5.C9H6ClNO/c1-15(2,3)11(17-14(22)23-16(4,5)6)12(19)18-9-7-8-10(18)13(20)21;10-7-1-2-8-6(5-7)3-4-11-9(8)12/h10-11H,7-9H2,1-6H3,(H,17,22)(H,20,21);1-5H,(H,11,12)/t10?,11-;/m1./s1. The van der Waals surface area contributed by atoms with Crippen LogP contribution in [0.5, 0.6) is 0 Å². The van der Waals surface area contributed by atoms with Crippen LogP contribution in [-0.2, 0) is 14.3 Å². The zero-order valence-electron chi connectivity index (χ0n) is 21.0. The molecule has 1 aromatic carbocycles. The highest BCUT2D eigenvalue weighted by Crippen LogP contribution is 2.26. The molecule has 2 amide bonds. The van der Waals surface area contributed by atoms with Crippen molar-refractivity contribution in [3.63, 3.8) is 0 Å². The Balaban J connectivity index is 0.000000298. The van der Waals surface area contributed by atoms with Crippen molar-refractivity contribution in [3.05, 3.63) is 45.8 Å². The Hall–Kier alpha value is -3.07. The number of H-pyrrole nitrogens is 1. The molecule has 10 heteroatoms. The van der Waals surface area contributed by atoms with Crippen molar-refractivity contribution < 1.29 is 24.2 Å². The largest absolute Gasteiger partial charge is 0.480 e. The number of aromatic amines is 1. The summed E-state index contributed by atoms with van der Waals surface area (Å²) in [6, 6.07) is 5.34. The van der Waals surface area contributed by atoms with Crippen molar-refractivity contribution in [1.82, 2.24) is 15.2 Å². The fourth-order valence-electron chi connectivity index (χ4n) is 3.69. The number of alkyl carbamates (subject to hydrolysis) is 1. The molecule has 1 aliphatic rings. The molecular formula is C25H34ClN3O6. The summed E-state index contributed by atoms with van der Waals surface area (Å²) in [6.45, 7) is 11.1. The van der Waals surface area contributed by atoms with Gasteiger partial charge in [-0.15, -0.1) is 0 Å². The van der Waals surface area contributed by atoms with Gasteiger partial charge in [0.15, 0.2) is 0 Å². The van der Waals surface area contributed by atoms with Gasteiger partial charge in [-0.1, -0.05) is 32.4 Å². The van der Waals surface area contributed by atoms with Crippen LogP contribution in [0.3, 0.4) is 0 Å². The number of nitrogens with one attached hydrogen (secondary N) is 2. The summed E-state index contributed by atoms with van der Waals surface area (Å²) < 4.78 is 5.21. The Morgan fingerprint density at radius 1 is 1.17 bits per heavy atom. The van der Waals surface area contributed by atoms with E-state index in [0.717, 1.165) is 5.39 Å². The van der Waals surface area contributed by atoms with Gasteiger partial charge in [0.2, 0.25) is 5.91 Å². The van der Waals surface area contributed by atoms with Gasteiger partial charge < -0.3 is 25.0 Å². The van der Waals surface area contributed by atoms with Crippen LogP contribution in [-0.4, -0.2) is 57.2 Å². The van der Waals surface area contributed by atoms with Gasteiger partial charge in [0.1, 0.15) is 17.7 Å². The third-order valence-corrected chi connectivity index (χ3v) is 5.57. The molecule has 0 radical (unpaired) electrons. The molecule has 192 valence electrons. The van der Waals surface area contributed by atoms with Gasteiger partial charge >= 0.3 is 12.1 Å². The SMILES string of the molecule is CC(C)(C)OC(=O)N[C@H](C(=O)N1CCCC1C(=O)O)C(C)(C)C.O=c1[nH]ccc2cc(Cl)ccc12. The van der Waals surface area contributed by atoms with Gasteiger partial charge in [-0.3, -0.25) is 9.59 Å². The number of carboxylic acids is 1. The van der Waals surface area contributed by atoms with E-state index in [-0.39, 0.29) is 11.5 Å². The summed E-state index contributed by atoms with van der Waals surface area (Å²) in [6.07, 6.45) is 2.01. The number of aliphatic carboxylic acids is 1. The second-order valence-corrected chi connectivity index (χ2v) is 10.9. The highest BCUT2D eigenvalue weighted by molar-refractivity contribution is 6.31. The van der Waals surface area contributed by atoms with Crippen LogP contribution in [0.4, 0.5) is 4.79 Å². The Kier molecular flexibility index (Phi) is 8.94. The Morgan fingerprint density at radius 3 is 2.40 bits per heavy atom. The van der Waals surface area contributed by atoms with Crippen LogP contribution in [0.15, 0.2) is 35.3 Å². The number of nitrogens with zero attached hydrogens (tertiary/aromatic N) is 1. The van der Waals surface area contributed by atoms with Crippen LogP contribution < -0.4 is 10.9 Å². The van der Waals surface area contributed by atoms with Gasteiger partial charge in [0.25, 0.3) is 5.56 Å². The highest BCUT2D eigenvalue weighted by Gasteiger charge is 2.42. The lowest BCUT2D eigenvalue weighted by molar-refractivity contribution is -0.150. The third-order valence-electron chi connectivity index (χ3n) is 5.33. The minimum Gasteiger partial charge on any atom is -0.480 e. The lowest BCUT2D eigenvalue weighted by Gasteiger charge is -2.35. The lowest BCUT2D eigenvalue weighted by Crippen LogP contribution is -2.57. The first kappa shape index (κ1) is 28.2. The number of amides is 2. The summed E-state index contributed by atoms with van der Waals surface area (Å²) >= 11 is 5.76. The molecule has 1 unspecified atom stereocenters. The monoisotopic (exact) mass is 507 g/mol. The lowest BCUT2D eigenvalue weighted by atomic mass is 9.85. The maximum Gasteiger partial charge on any atom is 0.408 e. The summed E-state index contributed by atoms with van der Waals surface area (Å²) in [5, 5.41) is 14.0. The molecule has 3 N–H and O–H groups in total. The molecule has 1 fully saturated rings. The Morgan fingerprint density at radius 2 is 1.83 bits per heavy atom. The molecule has 1 aliphatic heterocycles. The molecular weight excluding hydrogens is 474 g/mol. The average Bonchev–Trinajstić information content (AvgIpc) is 3.20. The summed E-state index contributed by atoms with van der Waals surface area (Å²) in [5.41, 5.74) is -1.32. The van der Waals surface area contributed by atoms with E-state index in [4.69, 9.17) is 16.3 Å². The molecule has 1 aromatic heterocycles. The fourth-order valence-corrected chi connectivity index (χ4v) is 3.87. The smallest absolute Gasteiger partial charge is 0.408 e. The van der Waals surface area contributed by atoms with E-state index in [1.165, 1.54) is 4.90 Å². The van der Waals surface area contributed by atoms with Crippen molar-refractivity contribution in [2.75, 3.05) is 6.54 Å². The number of hydrogen-bond acceptors (Lipinski definition) is 5. The number of pyridine rings is 1. The molecule has 9 nitrogen and oxygen atoms in total. The number of hydrogen-bond donors (Lipinski definition) is 3. The number of benzene rings is 1. The molecule has 1 saturated heterocycles. The van der Waals surface area contributed by atoms with E-state index < -0.39 is 35.2 Å². The van der Waals surface area contributed by atoms with E-state index in [1.54, 1.807) is 45.2 Å². The predicted molar refractivity (Wildman–Crippen MR) is 135 cm³/mol. The number of halogens is 1. The first-order valence-corrected chi connectivity index (χ1v) is 11.8. The van der Waals surface area contributed by atoms with Crippen molar-refractivity contribution in [2.24, 2.45) is 5.41 Å². The number of carbonyl (C=O) groups is 3. The van der Waals surface area contributed by atoms with E-state index in [9.17, 15) is 24.3 Å². The molecule has 0 bridgehead atoms. The number of carboxylic acid groups (broad SMARTS) is 1. The number of likely N-dealkylation sites (tertiary alicyclic amines) is 1. The van der Waals surface area contributed by atoms with Gasteiger partial charge in [-0.05, 0) is 68.7 Å². The maximum atomic E-state index is 12.8. The highest BCUT2D eigenvalue weighted by atomic mass is 35.5. The molecule has 0 aliphatic carbocycles. The van der Waals surface area contributed by atoms with Crippen molar-refractivity contribution in [2.45, 2.75) is 72.1 Å². The van der Waals surface area contributed by atoms with E-state index >= 15 is 0 Å². The molecule has 2 aromatic rings. The zero-order chi connectivity index (χ0) is 26.6. The van der Waals surface area contributed by atoms with E-state index in [2.05, 4.69) is 10.3 Å². The molecule has 2 atom stereocenters. The minimum absolute atomic E-state index is 0.0795. The van der Waals surface area contributed by atoms with Crippen LogP contribution in [0.2, 0.25) is 5.02 Å². The van der Waals surface area contributed by atoms with E-state index in [1.807, 2.05) is 26.8 Å². The van der Waals surface area contributed by atoms with Crippen LogP contribution >= 0.6 is 11.6 Å². The van der Waals surface area contributed by atoms with Crippen LogP contribution in [0, 0.1) is 5.41 Å². The summed E-state index contributed by atoms with van der Waals surface area (Å²) in [7, 11) is 0. The average molecular weight is 508 g/mol. The Bertz CT molecular complexity index is 1130. The summed E-state index contributed by atoms with van der Waals surface area (Å²) in [5.74, 6) is -1.39. The number of aromatic nitrogens is 1. The first-order chi connectivity index (χ1) is 16.1. The quantitative estimate of drug-likeness (QED) is 0.571. The second-order valence-electron chi connectivity index (χ2n) is 10.5. The molecule has 35 heavy (non-hydrogen) atoms. The van der Waals surface area contributed by atoms with Gasteiger partial charge in [0.05, 0.1) is 0 Å². The van der Waals surface area contributed by atoms with Crippen LogP contribution in [0.1, 0.15) is 54.4 Å². The van der Waals surface area contributed by atoms with Crippen molar-refractivity contribution in [1.29, 1.82) is 0 Å². The van der Waals surface area contributed by atoms with Crippen molar-refractivity contribution in [3.8, 4) is 0 Å². The maximum absolute atomic E-state index is 12.8. The van der Waals surface area contributed by atoms with Gasteiger partial charge in [-0.2, -0.15) is 0 Å². The molecule has 2 heterocycles. The number of fused-ring (bicyclic) bond motifs is 1.